The van der Waals surface area contributed by atoms with E-state index in [0.717, 1.165) is 42.1 Å². The van der Waals surface area contributed by atoms with Gasteiger partial charge in [0, 0.05) is 36.9 Å². The summed E-state index contributed by atoms with van der Waals surface area (Å²) < 4.78 is 37.7. The first-order valence-electron chi connectivity index (χ1n) is 8.11. The van der Waals surface area contributed by atoms with Gasteiger partial charge >= 0.3 is 6.18 Å². The summed E-state index contributed by atoms with van der Waals surface area (Å²) in [4.78, 5) is 18.3. The van der Waals surface area contributed by atoms with Crippen molar-refractivity contribution in [2.45, 2.75) is 18.6 Å². The normalized spacial score (nSPS) is 17.7. The monoisotopic (exact) mass is 360 g/mol. The van der Waals surface area contributed by atoms with E-state index in [9.17, 15) is 13.2 Å². The molecular formula is C17H15F3N6. The fourth-order valence-corrected chi connectivity index (χ4v) is 3.04. The maximum absolute atomic E-state index is 12.6. The molecule has 134 valence electrons. The second-order valence-electron chi connectivity index (χ2n) is 6.08. The van der Waals surface area contributed by atoms with Crippen LogP contribution in [0, 0.1) is 0 Å². The Morgan fingerprint density at radius 1 is 1.04 bits per heavy atom. The molecule has 1 saturated heterocycles. The molecule has 4 rings (SSSR count). The average molecular weight is 360 g/mol. The van der Waals surface area contributed by atoms with Gasteiger partial charge in [-0.25, -0.2) is 19.9 Å². The number of anilines is 2. The van der Waals surface area contributed by atoms with E-state index >= 15 is 0 Å². The van der Waals surface area contributed by atoms with Crippen LogP contribution in [0.5, 0.6) is 0 Å². The lowest BCUT2D eigenvalue weighted by Gasteiger charge is -2.19. The van der Waals surface area contributed by atoms with Gasteiger partial charge in [-0.3, -0.25) is 0 Å². The Morgan fingerprint density at radius 3 is 2.58 bits per heavy atom. The second-order valence-corrected chi connectivity index (χ2v) is 6.08. The molecule has 0 aliphatic carbocycles. The van der Waals surface area contributed by atoms with Crippen molar-refractivity contribution in [2.24, 2.45) is 0 Å². The molecule has 0 radical (unpaired) electrons. The number of halogens is 3. The number of hydrogen-bond acceptors (Lipinski definition) is 6. The van der Waals surface area contributed by atoms with Crippen LogP contribution in [0.3, 0.4) is 0 Å². The van der Waals surface area contributed by atoms with Crippen molar-refractivity contribution in [2.75, 3.05) is 23.3 Å². The molecule has 0 saturated carbocycles. The van der Waals surface area contributed by atoms with E-state index < -0.39 is 11.7 Å². The van der Waals surface area contributed by atoms with Crippen LogP contribution in [0.2, 0.25) is 0 Å². The average Bonchev–Trinajstić information content (AvgIpc) is 3.09. The molecule has 1 atom stereocenters. The minimum absolute atomic E-state index is 0.0282. The summed E-state index contributed by atoms with van der Waals surface area (Å²) in [5.74, 6) is 1.05. The fraction of sp³-hybridized carbons (Fsp3) is 0.294. The van der Waals surface area contributed by atoms with Gasteiger partial charge in [-0.05, 0) is 18.6 Å². The van der Waals surface area contributed by atoms with Crippen molar-refractivity contribution in [1.29, 1.82) is 0 Å². The zero-order chi connectivity index (χ0) is 18.1. The van der Waals surface area contributed by atoms with E-state index in [1.165, 1.54) is 6.33 Å². The number of benzene rings is 1. The molecule has 0 spiro atoms. The Hall–Kier alpha value is -2.97. The van der Waals surface area contributed by atoms with E-state index in [0.29, 0.717) is 6.54 Å². The highest BCUT2D eigenvalue weighted by atomic mass is 19.4. The Labute approximate surface area is 147 Å². The first-order chi connectivity index (χ1) is 12.5. The predicted octanol–water partition coefficient (Wildman–Crippen LogP) is 3.13. The fourth-order valence-electron chi connectivity index (χ4n) is 3.04. The summed E-state index contributed by atoms with van der Waals surface area (Å²) in [5.41, 5.74) is 0.0172. The molecule has 3 aromatic rings. The van der Waals surface area contributed by atoms with Crippen LogP contribution >= 0.6 is 0 Å². The van der Waals surface area contributed by atoms with Crippen LogP contribution in [0.25, 0.3) is 10.9 Å². The number of hydrogen-bond donors (Lipinski definition) is 1. The van der Waals surface area contributed by atoms with Gasteiger partial charge in [-0.2, -0.15) is 13.2 Å². The highest BCUT2D eigenvalue weighted by Crippen LogP contribution is 2.29. The molecule has 1 aromatic carbocycles. The van der Waals surface area contributed by atoms with E-state index in [-0.39, 0.29) is 12.0 Å². The SMILES string of the molecule is FC(F)(F)c1cnc(NC2CCN(c3ncnc4ccccc34)C2)nc1. The van der Waals surface area contributed by atoms with Crippen molar-refractivity contribution >= 4 is 22.7 Å². The number of alkyl halides is 3. The van der Waals surface area contributed by atoms with Crippen LogP contribution in [0.15, 0.2) is 43.0 Å². The molecule has 26 heavy (non-hydrogen) atoms. The number of aromatic nitrogens is 4. The van der Waals surface area contributed by atoms with Crippen LogP contribution in [0.4, 0.5) is 24.9 Å². The first-order valence-corrected chi connectivity index (χ1v) is 8.11. The minimum atomic E-state index is -4.43. The molecule has 0 amide bonds. The first kappa shape index (κ1) is 16.5. The summed E-state index contributed by atoms with van der Waals surface area (Å²) in [6.45, 7) is 1.44. The topological polar surface area (TPSA) is 66.8 Å². The molecule has 6 nitrogen and oxygen atoms in total. The summed E-state index contributed by atoms with van der Waals surface area (Å²) in [5, 5.41) is 4.07. The Kier molecular flexibility index (Phi) is 4.06. The Balaban J connectivity index is 1.47. The summed E-state index contributed by atoms with van der Waals surface area (Å²) >= 11 is 0. The third-order valence-corrected chi connectivity index (χ3v) is 4.32. The van der Waals surface area contributed by atoms with E-state index in [1.807, 2.05) is 24.3 Å². The van der Waals surface area contributed by atoms with E-state index in [2.05, 4.69) is 30.2 Å². The molecule has 1 fully saturated rings. The molecular weight excluding hydrogens is 345 g/mol. The molecule has 3 heterocycles. The standard InChI is InChI=1S/C17H15F3N6/c18-17(19,20)11-7-21-16(22-8-11)25-12-5-6-26(9-12)15-13-3-1-2-4-14(13)23-10-24-15/h1-4,7-8,10,12H,5-6,9H2,(H,21,22,25). The lowest BCUT2D eigenvalue weighted by atomic mass is 10.2. The Bertz CT molecular complexity index is 907. The number of para-hydroxylation sites is 1. The van der Waals surface area contributed by atoms with Crippen LogP contribution in [-0.2, 0) is 6.18 Å². The van der Waals surface area contributed by atoms with Gasteiger partial charge in [0.1, 0.15) is 12.1 Å². The van der Waals surface area contributed by atoms with Crippen molar-refractivity contribution in [3.05, 3.63) is 48.5 Å². The lowest BCUT2D eigenvalue weighted by Crippen LogP contribution is -2.27. The van der Waals surface area contributed by atoms with Crippen molar-refractivity contribution in [1.82, 2.24) is 19.9 Å². The number of nitrogens with one attached hydrogen (secondary N) is 1. The number of fused-ring (bicyclic) bond motifs is 1. The van der Waals surface area contributed by atoms with Gasteiger partial charge in [0.15, 0.2) is 0 Å². The van der Waals surface area contributed by atoms with Crippen LogP contribution in [0.1, 0.15) is 12.0 Å². The van der Waals surface area contributed by atoms with Crippen molar-refractivity contribution in [3.8, 4) is 0 Å². The van der Waals surface area contributed by atoms with Crippen molar-refractivity contribution in [3.63, 3.8) is 0 Å². The predicted molar refractivity (Wildman–Crippen MR) is 90.8 cm³/mol. The highest BCUT2D eigenvalue weighted by Gasteiger charge is 2.31. The number of rotatable bonds is 3. The van der Waals surface area contributed by atoms with Gasteiger partial charge < -0.3 is 10.2 Å². The Morgan fingerprint density at radius 2 is 1.81 bits per heavy atom. The van der Waals surface area contributed by atoms with E-state index in [1.54, 1.807) is 0 Å². The molecule has 0 bridgehead atoms. The van der Waals surface area contributed by atoms with Crippen LogP contribution < -0.4 is 10.2 Å². The van der Waals surface area contributed by atoms with Gasteiger partial charge in [-0.1, -0.05) is 12.1 Å². The summed E-state index contributed by atoms with van der Waals surface area (Å²) in [6, 6.07) is 7.81. The molecule has 9 heteroatoms. The molecule has 1 N–H and O–H groups in total. The lowest BCUT2D eigenvalue weighted by molar-refractivity contribution is -0.138. The molecule has 2 aromatic heterocycles. The smallest absolute Gasteiger partial charge is 0.354 e. The zero-order valence-electron chi connectivity index (χ0n) is 13.6. The van der Waals surface area contributed by atoms with Gasteiger partial charge in [0.2, 0.25) is 5.95 Å². The molecule has 1 aliphatic rings. The van der Waals surface area contributed by atoms with Gasteiger partial charge in [-0.15, -0.1) is 0 Å². The third-order valence-electron chi connectivity index (χ3n) is 4.32. The number of nitrogens with zero attached hydrogens (tertiary/aromatic N) is 5. The second kappa shape index (κ2) is 6.40. The zero-order valence-corrected chi connectivity index (χ0v) is 13.6. The largest absolute Gasteiger partial charge is 0.419 e. The minimum Gasteiger partial charge on any atom is -0.354 e. The summed E-state index contributed by atoms with van der Waals surface area (Å²) in [6.07, 6.45) is -0.503. The maximum Gasteiger partial charge on any atom is 0.419 e. The van der Waals surface area contributed by atoms with Gasteiger partial charge in [0.05, 0.1) is 11.1 Å². The van der Waals surface area contributed by atoms with E-state index in [4.69, 9.17) is 0 Å². The summed E-state index contributed by atoms with van der Waals surface area (Å²) in [7, 11) is 0. The van der Waals surface area contributed by atoms with Gasteiger partial charge in [0.25, 0.3) is 0 Å². The quantitative estimate of drug-likeness (QED) is 0.774. The molecule has 1 unspecified atom stereocenters. The maximum atomic E-state index is 12.6. The molecule has 1 aliphatic heterocycles. The van der Waals surface area contributed by atoms with Crippen LogP contribution in [-0.4, -0.2) is 39.1 Å². The van der Waals surface area contributed by atoms with Crippen molar-refractivity contribution < 1.29 is 13.2 Å². The highest BCUT2D eigenvalue weighted by molar-refractivity contribution is 5.89. The third kappa shape index (κ3) is 3.24.